The number of halogens is 3. The van der Waals surface area contributed by atoms with Crippen LogP contribution in [0.25, 0.3) is 11.5 Å². The Hall–Kier alpha value is -6.32. The van der Waals surface area contributed by atoms with Gasteiger partial charge in [-0.25, -0.2) is 9.97 Å². The molecule has 18 nitrogen and oxygen atoms in total. The largest absolute Gasteiger partial charge is 0.444 e. The van der Waals surface area contributed by atoms with Crippen LogP contribution >= 0.6 is 0 Å². The summed E-state index contributed by atoms with van der Waals surface area (Å²) in [7, 11) is 1.59. The molecule has 5 heterocycles. The van der Waals surface area contributed by atoms with E-state index in [4.69, 9.17) is 18.6 Å². The Labute approximate surface area is 340 Å². The van der Waals surface area contributed by atoms with Crippen LogP contribution in [0.4, 0.5) is 24.7 Å². The van der Waals surface area contributed by atoms with Gasteiger partial charge in [0.2, 0.25) is 17.7 Å². The van der Waals surface area contributed by atoms with Crippen molar-refractivity contribution in [3.8, 4) is 11.5 Å². The fourth-order valence-corrected chi connectivity index (χ4v) is 6.49. The number of pyridine rings is 1. The third-order valence-corrected chi connectivity index (χ3v) is 9.28. The number of carbonyl (C=O) groups is 6. The van der Waals surface area contributed by atoms with Gasteiger partial charge in [0.25, 0.3) is 17.7 Å². The molecular formula is C39H41F3N8O10. The molecule has 1 aromatic carbocycles. The maximum Gasteiger partial charge on any atom is 0.405 e. The Morgan fingerprint density at radius 1 is 0.983 bits per heavy atom. The number of hydrogen-bond donors (Lipinski definition) is 3. The van der Waals surface area contributed by atoms with E-state index >= 15 is 0 Å². The average Bonchev–Trinajstić information content (AvgIpc) is 3.92. The van der Waals surface area contributed by atoms with Gasteiger partial charge in [-0.1, -0.05) is 12.1 Å². The van der Waals surface area contributed by atoms with Gasteiger partial charge in [0.05, 0.1) is 43.2 Å². The van der Waals surface area contributed by atoms with Crippen molar-refractivity contribution in [2.45, 2.75) is 50.7 Å². The second-order valence-electron chi connectivity index (χ2n) is 13.7. The number of anilines is 2. The topological polar surface area (TPSA) is 226 Å². The van der Waals surface area contributed by atoms with E-state index in [-0.39, 0.29) is 83.7 Å². The number of hydrogen-bond acceptors (Lipinski definition) is 14. The van der Waals surface area contributed by atoms with Crippen LogP contribution in [0.3, 0.4) is 0 Å². The molecule has 1 saturated heterocycles. The van der Waals surface area contributed by atoms with Gasteiger partial charge >= 0.3 is 6.18 Å². The quantitative estimate of drug-likeness (QED) is 0.0618. The number of nitrogens with zero attached hydrogens (tertiary/aromatic N) is 5. The third kappa shape index (κ3) is 11.0. The summed E-state index contributed by atoms with van der Waals surface area (Å²) in [6.45, 7) is 0.580. The number of oxazole rings is 1. The zero-order valence-electron chi connectivity index (χ0n) is 32.3. The fraction of sp³-hybridized carbons (Fsp3) is 0.410. The molecule has 60 heavy (non-hydrogen) atoms. The molecule has 0 radical (unpaired) electrons. The van der Waals surface area contributed by atoms with Gasteiger partial charge in [-0.05, 0) is 49.4 Å². The Balaban J connectivity index is 0.836. The first kappa shape index (κ1) is 43.3. The van der Waals surface area contributed by atoms with E-state index in [1.807, 2.05) is 0 Å². The lowest BCUT2D eigenvalue weighted by Crippen LogP contribution is -2.54. The highest BCUT2D eigenvalue weighted by molar-refractivity contribution is 6.24. The first-order valence-electron chi connectivity index (χ1n) is 19.0. The van der Waals surface area contributed by atoms with E-state index in [0.717, 1.165) is 11.2 Å². The van der Waals surface area contributed by atoms with Gasteiger partial charge in [-0.2, -0.15) is 18.3 Å². The summed E-state index contributed by atoms with van der Waals surface area (Å²) in [5.41, 5.74) is 1.54. The Bertz CT molecular complexity index is 2240. The molecule has 5 amide bonds. The number of benzene rings is 1. The first-order chi connectivity index (χ1) is 28.8. The van der Waals surface area contributed by atoms with Gasteiger partial charge in [0.1, 0.15) is 24.7 Å². The van der Waals surface area contributed by atoms with Crippen LogP contribution in [0, 0.1) is 0 Å². The van der Waals surface area contributed by atoms with E-state index in [1.165, 1.54) is 29.2 Å². The fourth-order valence-electron chi connectivity index (χ4n) is 6.49. The molecule has 21 heteroatoms. The van der Waals surface area contributed by atoms with Gasteiger partial charge in [0, 0.05) is 51.1 Å². The highest BCUT2D eigenvalue weighted by Gasteiger charge is 2.45. The van der Waals surface area contributed by atoms with Gasteiger partial charge in [-0.15, -0.1) is 0 Å². The predicted octanol–water partition coefficient (Wildman–Crippen LogP) is 3.74. The van der Waals surface area contributed by atoms with Crippen LogP contribution in [-0.4, -0.2) is 118 Å². The third-order valence-electron chi connectivity index (χ3n) is 9.28. The lowest BCUT2D eigenvalue weighted by atomic mass is 9.99. The normalized spacial score (nSPS) is 15.3. The molecule has 6 rings (SSSR count). The summed E-state index contributed by atoms with van der Waals surface area (Å²) in [4.78, 5) is 85.0. The van der Waals surface area contributed by atoms with Crippen molar-refractivity contribution in [3.63, 3.8) is 0 Å². The maximum absolute atomic E-state index is 13.2. The molecule has 1 unspecified atom stereocenters. The summed E-state index contributed by atoms with van der Waals surface area (Å²) in [6.07, 6.45) is 1.02. The number of alkyl halides is 3. The number of nitrogens with one attached hydrogen (secondary N) is 3. The van der Waals surface area contributed by atoms with Crippen LogP contribution in [-0.2, 0) is 37.3 Å². The van der Waals surface area contributed by atoms with Crippen molar-refractivity contribution in [3.05, 3.63) is 77.1 Å². The molecule has 3 aromatic heterocycles. The van der Waals surface area contributed by atoms with Gasteiger partial charge in [-0.3, -0.25) is 43.7 Å². The number of imide groups is 2. The Kier molecular flexibility index (Phi) is 14.1. The van der Waals surface area contributed by atoms with Crippen LogP contribution in [0.5, 0.6) is 0 Å². The number of aryl methyl sites for hydroxylation is 2. The number of aromatic nitrogens is 4. The van der Waals surface area contributed by atoms with Crippen molar-refractivity contribution in [2.24, 2.45) is 7.05 Å². The van der Waals surface area contributed by atoms with Crippen LogP contribution in [0.2, 0.25) is 0 Å². The van der Waals surface area contributed by atoms with Crippen molar-refractivity contribution in [1.29, 1.82) is 0 Å². The molecule has 318 valence electrons. The minimum absolute atomic E-state index is 0.0255. The Morgan fingerprint density at radius 2 is 1.72 bits per heavy atom. The Morgan fingerprint density at radius 3 is 2.45 bits per heavy atom. The summed E-state index contributed by atoms with van der Waals surface area (Å²) >= 11 is 0. The number of Topliss-reactive ketones (excluding diaryl/α,β-unsaturated/α-hetero) is 1. The maximum atomic E-state index is 13.2. The van der Waals surface area contributed by atoms with Crippen molar-refractivity contribution < 1.29 is 60.6 Å². The minimum atomic E-state index is -4.44. The SMILES string of the molecule is Cn1cc(NC(=O)c2coc(-c3ccnc(NCC(F)(F)F)c3)n2)c(C(=O)CCCOCCOCCOCCCc2cccc3c2C(=O)N(C2CCC(=O)NC2=O)C3=O)n1. The van der Waals surface area contributed by atoms with Crippen LogP contribution in [0.1, 0.15) is 79.4 Å². The van der Waals surface area contributed by atoms with Gasteiger partial charge in [0.15, 0.2) is 17.2 Å². The zero-order valence-corrected chi connectivity index (χ0v) is 32.3. The molecule has 0 spiro atoms. The second kappa shape index (κ2) is 19.6. The molecule has 2 aliphatic rings. The molecule has 2 aliphatic heterocycles. The predicted molar refractivity (Wildman–Crippen MR) is 203 cm³/mol. The van der Waals surface area contributed by atoms with Crippen molar-refractivity contribution in [2.75, 3.05) is 56.8 Å². The highest BCUT2D eigenvalue weighted by atomic mass is 19.4. The van der Waals surface area contributed by atoms with Gasteiger partial charge < -0.3 is 29.3 Å². The minimum Gasteiger partial charge on any atom is -0.444 e. The standard InChI is InChI=1S/C39H41F3N8O10/c1-49-20-26(45-34(53)27-21-60-36(46-27)24-11-12-43-30(19-24)44-22-39(40,41)42)33(48-49)29(51)8-4-14-58-16-18-59-17-15-57-13-3-6-23-5-2-7-25-32(23)38(56)50(37(25)55)28-9-10-31(52)47-35(28)54/h2,5,7,11-12,19-21,28H,3-4,6,8-10,13-18,22H2,1H3,(H,43,44)(H,45,53)(H,47,52,54). The molecular weight excluding hydrogens is 797 g/mol. The molecule has 0 saturated carbocycles. The molecule has 0 bridgehead atoms. The number of amides is 5. The van der Waals surface area contributed by atoms with E-state index in [9.17, 15) is 41.9 Å². The average molecular weight is 839 g/mol. The number of fused-ring (bicyclic) bond motifs is 1. The number of carbonyl (C=O) groups excluding carboxylic acids is 6. The molecule has 0 aliphatic carbocycles. The summed E-state index contributed by atoms with van der Waals surface area (Å²) < 4.78 is 61.2. The number of ether oxygens (including phenoxy) is 3. The molecule has 1 atom stereocenters. The number of piperidine rings is 1. The zero-order chi connectivity index (χ0) is 42.8. The van der Waals surface area contributed by atoms with Crippen LogP contribution < -0.4 is 16.0 Å². The molecule has 1 fully saturated rings. The smallest absolute Gasteiger partial charge is 0.405 e. The highest BCUT2D eigenvalue weighted by Crippen LogP contribution is 2.31. The number of rotatable bonds is 21. The lowest BCUT2D eigenvalue weighted by molar-refractivity contribution is -0.136. The van der Waals surface area contributed by atoms with Crippen molar-refractivity contribution >= 4 is 46.8 Å². The second-order valence-corrected chi connectivity index (χ2v) is 13.7. The van der Waals surface area contributed by atoms with E-state index in [0.29, 0.717) is 51.3 Å². The summed E-state index contributed by atoms with van der Waals surface area (Å²) in [5, 5.41) is 11.1. The van der Waals surface area contributed by atoms with E-state index in [1.54, 1.807) is 25.2 Å². The van der Waals surface area contributed by atoms with E-state index in [2.05, 4.69) is 31.0 Å². The number of ketones is 1. The summed E-state index contributed by atoms with van der Waals surface area (Å²) in [5.74, 6) is -3.28. The summed E-state index contributed by atoms with van der Waals surface area (Å²) in [6, 6.07) is 6.75. The monoisotopic (exact) mass is 838 g/mol. The van der Waals surface area contributed by atoms with E-state index < -0.39 is 48.3 Å². The van der Waals surface area contributed by atoms with Crippen molar-refractivity contribution in [1.82, 2.24) is 30.0 Å². The lowest BCUT2D eigenvalue weighted by Gasteiger charge is -2.27. The first-order valence-corrected chi connectivity index (χ1v) is 19.0. The molecule has 3 N–H and O–H groups in total. The molecule has 4 aromatic rings. The van der Waals surface area contributed by atoms with Crippen LogP contribution in [0.15, 0.2) is 53.4 Å².